The molecule has 1 aromatic rings. The first-order valence-corrected chi connectivity index (χ1v) is 13.8. The molecular formula is C24H38N4O8S. The molecule has 0 bridgehead atoms. The van der Waals surface area contributed by atoms with E-state index in [4.69, 9.17) is 9.47 Å². The standard InChI is InChI=1S/C24H38N4O8S/c1-22(2,3)36-21(32)26(6)12-13-35-15-23(4,5)37(33,34)24(9-10-24)14-28-11-8-16-17(20(30)31)25-27(7)18(16)19(28)29/h8-15H2,1-7H3,(H,30,31). The van der Waals surface area contributed by atoms with E-state index in [1.807, 2.05) is 0 Å². The van der Waals surface area contributed by atoms with Gasteiger partial charge < -0.3 is 24.4 Å². The summed E-state index contributed by atoms with van der Waals surface area (Å²) in [6.45, 7) is 9.11. The van der Waals surface area contributed by atoms with E-state index in [9.17, 15) is 27.9 Å². The smallest absolute Gasteiger partial charge is 0.410 e. The minimum atomic E-state index is -3.73. The zero-order valence-corrected chi connectivity index (χ0v) is 23.5. The van der Waals surface area contributed by atoms with Crippen LogP contribution < -0.4 is 0 Å². The maximum Gasteiger partial charge on any atom is 0.410 e. The third-order valence-electron chi connectivity index (χ3n) is 6.78. The maximum atomic E-state index is 13.7. The maximum absolute atomic E-state index is 13.7. The Kier molecular flexibility index (Phi) is 7.73. The second-order valence-electron chi connectivity index (χ2n) is 11.5. The Hall–Kier alpha value is -2.67. The van der Waals surface area contributed by atoms with E-state index in [0.717, 1.165) is 0 Å². The van der Waals surface area contributed by atoms with Gasteiger partial charge in [0.1, 0.15) is 11.3 Å². The number of hydrogen-bond acceptors (Lipinski definition) is 8. The number of aromatic carboxylic acids is 1. The van der Waals surface area contributed by atoms with Crippen LogP contribution >= 0.6 is 0 Å². The lowest BCUT2D eigenvalue weighted by molar-refractivity contribution is 0.0222. The van der Waals surface area contributed by atoms with Crippen LogP contribution in [0.2, 0.25) is 0 Å². The van der Waals surface area contributed by atoms with Gasteiger partial charge in [0.2, 0.25) is 0 Å². The summed E-state index contributed by atoms with van der Waals surface area (Å²) in [6.07, 6.45) is 0.674. The van der Waals surface area contributed by atoms with Gasteiger partial charge in [-0.1, -0.05) is 0 Å². The van der Waals surface area contributed by atoms with E-state index >= 15 is 0 Å². The van der Waals surface area contributed by atoms with Crippen LogP contribution in [0.1, 0.15) is 74.0 Å². The lowest BCUT2D eigenvalue weighted by Gasteiger charge is -2.35. The molecule has 1 aliphatic heterocycles. The third kappa shape index (κ3) is 5.77. The first-order valence-electron chi connectivity index (χ1n) is 12.3. The van der Waals surface area contributed by atoms with Gasteiger partial charge in [-0.25, -0.2) is 18.0 Å². The second-order valence-corrected chi connectivity index (χ2v) is 14.5. The lowest BCUT2D eigenvalue weighted by Crippen LogP contribution is -2.52. The number of carboxylic acid groups (broad SMARTS) is 1. The van der Waals surface area contributed by atoms with Crippen molar-refractivity contribution >= 4 is 27.8 Å². The highest BCUT2D eigenvalue weighted by Crippen LogP contribution is 2.49. The molecule has 0 radical (unpaired) electrons. The topological polar surface area (TPSA) is 148 Å². The first-order chi connectivity index (χ1) is 16.9. The summed E-state index contributed by atoms with van der Waals surface area (Å²) in [6, 6.07) is 0. The van der Waals surface area contributed by atoms with Gasteiger partial charge in [0.25, 0.3) is 5.91 Å². The van der Waals surface area contributed by atoms with Gasteiger partial charge >= 0.3 is 12.1 Å². The summed E-state index contributed by atoms with van der Waals surface area (Å²) in [5, 5.41) is 13.3. The molecule has 3 rings (SSSR count). The van der Waals surface area contributed by atoms with Crippen molar-refractivity contribution in [1.29, 1.82) is 0 Å². The number of amides is 2. The van der Waals surface area contributed by atoms with Gasteiger partial charge in [-0.05, 0) is 53.9 Å². The van der Waals surface area contributed by atoms with Crippen LogP contribution in [-0.2, 0) is 32.8 Å². The van der Waals surface area contributed by atoms with Crippen LogP contribution in [0.15, 0.2) is 0 Å². The number of sulfone groups is 1. The van der Waals surface area contributed by atoms with Gasteiger partial charge in [0, 0.05) is 39.3 Å². The Bertz CT molecular complexity index is 1180. The summed E-state index contributed by atoms with van der Waals surface area (Å²) in [5.41, 5.74) is -0.189. The number of hydrogen-bond donors (Lipinski definition) is 1. The molecule has 1 N–H and O–H groups in total. The van der Waals surface area contributed by atoms with Gasteiger partial charge in [-0.15, -0.1) is 0 Å². The quantitative estimate of drug-likeness (QED) is 0.436. The van der Waals surface area contributed by atoms with Crippen molar-refractivity contribution in [2.45, 2.75) is 69.0 Å². The number of fused-ring (bicyclic) bond motifs is 1. The number of carboxylic acids is 1. The molecule has 2 heterocycles. The van der Waals surface area contributed by atoms with Crippen LogP contribution in [0.25, 0.3) is 0 Å². The minimum Gasteiger partial charge on any atom is -0.476 e. The second kappa shape index (κ2) is 9.90. The Morgan fingerprint density at radius 3 is 2.35 bits per heavy atom. The van der Waals surface area contributed by atoms with Crippen molar-refractivity contribution in [2.24, 2.45) is 7.05 Å². The summed E-state index contributed by atoms with van der Waals surface area (Å²) in [5.74, 6) is -1.61. The molecule has 2 aliphatic rings. The van der Waals surface area contributed by atoms with Crippen LogP contribution in [0.4, 0.5) is 4.79 Å². The van der Waals surface area contributed by atoms with Crippen LogP contribution in [-0.4, -0.2) is 106 Å². The minimum absolute atomic E-state index is 0.0337. The van der Waals surface area contributed by atoms with Crippen molar-refractivity contribution in [3.63, 3.8) is 0 Å². The Balaban J connectivity index is 1.62. The zero-order valence-electron chi connectivity index (χ0n) is 22.7. The Morgan fingerprint density at radius 2 is 1.81 bits per heavy atom. The fourth-order valence-electron chi connectivity index (χ4n) is 4.51. The van der Waals surface area contributed by atoms with Crippen molar-refractivity contribution in [2.75, 3.05) is 39.9 Å². The first kappa shape index (κ1) is 28.9. The van der Waals surface area contributed by atoms with Crippen LogP contribution in [0.5, 0.6) is 0 Å². The highest BCUT2D eigenvalue weighted by molar-refractivity contribution is 7.94. The van der Waals surface area contributed by atoms with Crippen molar-refractivity contribution in [3.05, 3.63) is 17.0 Å². The summed E-state index contributed by atoms with van der Waals surface area (Å²) < 4.78 is 37.4. The number of ether oxygens (including phenoxy) is 2. The molecule has 208 valence electrons. The average molecular weight is 543 g/mol. The summed E-state index contributed by atoms with van der Waals surface area (Å²) in [4.78, 5) is 39.6. The van der Waals surface area contributed by atoms with Crippen LogP contribution in [0, 0.1) is 0 Å². The molecule has 1 saturated carbocycles. The molecule has 0 aromatic carbocycles. The number of aryl methyl sites for hydroxylation is 1. The van der Waals surface area contributed by atoms with Crippen LogP contribution in [0.3, 0.4) is 0 Å². The number of aromatic nitrogens is 2. The van der Waals surface area contributed by atoms with E-state index in [-0.39, 0.29) is 44.2 Å². The molecule has 2 amide bonds. The number of rotatable bonds is 10. The predicted octanol–water partition coefficient (Wildman–Crippen LogP) is 1.73. The third-order valence-corrected chi connectivity index (χ3v) is 10.0. The molecule has 37 heavy (non-hydrogen) atoms. The van der Waals surface area contributed by atoms with E-state index in [1.165, 1.54) is 21.5 Å². The van der Waals surface area contributed by atoms with E-state index in [2.05, 4.69) is 5.10 Å². The number of likely N-dealkylation sites (N-methyl/N-ethyl adjacent to an activating group) is 1. The Morgan fingerprint density at radius 1 is 1.19 bits per heavy atom. The lowest BCUT2D eigenvalue weighted by atomic mass is 10.0. The molecule has 12 nitrogen and oxygen atoms in total. The van der Waals surface area contributed by atoms with Crippen molar-refractivity contribution < 1.29 is 37.4 Å². The molecule has 1 aliphatic carbocycles. The van der Waals surface area contributed by atoms with Gasteiger partial charge in [-0.2, -0.15) is 5.10 Å². The normalized spacial score (nSPS) is 17.4. The fraction of sp³-hybridized carbons (Fsp3) is 0.750. The molecule has 13 heteroatoms. The number of nitrogens with zero attached hydrogens (tertiary/aromatic N) is 4. The zero-order chi connectivity index (χ0) is 28.0. The van der Waals surface area contributed by atoms with Gasteiger partial charge in [-0.3, -0.25) is 9.48 Å². The highest BCUT2D eigenvalue weighted by atomic mass is 32.2. The molecular weight excluding hydrogens is 504 g/mol. The number of carbonyl (C=O) groups excluding carboxylic acids is 2. The van der Waals surface area contributed by atoms with Gasteiger partial charge in [0.05, 0.1) is 22.7 Å². The monoisotopic (exact) mass is 542 g/mol. The molecule has 0 unspecified atom stereocenters. The molecule has 0 saturated heterocycles. The molecule has 0 atom stereocenters. The summed E-state index contributed by atoms with van der Waals surface area (Å²) >= 11 is 0. The SMILES string of the molecule is CN(CCOCC(C)(C)S(=O)(=O)C1(CN2CCc3c(C(=O)O)nn(C)c3C2=O)CC1)C(=O)OC(C)(C)C. The van der Waals surface area contributed by atoms with E-state index < -0.39 is 42.9 Å². The molecule has 1 fully saturated rings. The Labute approximate surface area is 217 Å². The van der Waals surface area contributed by atoms with Crippen molar-refractivity contribution in [1.82, 2.24) is 19.6 Å². The fourth-order valence-corrected chi connectivity index (χ4v) is 6.88. The highest BCUT2D eigenvalue weighted by Gasteiger charge is 2.61. The number of carbonyl (C=O) groups is 3. The molecule has 1 aromatic heterocycles. The summed E-state index contributed by atoms with van der Waals surface area (Å²) in [7, 11) is -0.632. The van der Waals surface area contributed by atoms with Gasteiger partial charge in [0.15, 0.2) is 15.5 Å². The van der Waals surface area contributed by atoms with E-state index in [0.29, 0.717) is 24.8 Å². The molecule has 0 spiro atoms. The largest absolute Gasteiger partial charge is 0.476 e. The average Bonchev–Trinajstić information content (AvgIpc) is 3.48. The van der Waals surface area contributed by atoms with Crippen molar-refractivity contribution in [3.8, 4) is 0 Å². The van der Waals surface area contributed by atoms with E-state index in [1.54, 1.807) is 41.7 Å². The predicted molar refractivity (Wildman–Crippen MR) is 134 cm³/mol.